The summed E-state index contributed by atoms with van der Waals surface area (Å²) in [6.45, 7) is 1.82. The molecule has 0 aliphatic carbocycles. The fraction of sp³-hybridized carbons (Fsp3) is 0.467. The summed E-state index contributed by atoms with van der Waals surface area (Å²) in [6.07, 6.45) is 9.46. The topological polar surface area (TPSA) is 73.1 Å². The first-order chi connectivity index (χ1) is 11.3. The van der Waals surface area contributed by atoms with Crippen LogP contribution in [0.25, 0.3) is 0 Å². The van der Waals surface area contributed by atoms with Crippen molar-refractivity contribution in [3.8, 4) is 0 Å². The predicted molar refractivity (Wildman–Crippen MR) is 87.5 cm³/mol. The van der Waals surface area contributed by atoms with Crippen molar-refractivity contribution >= 4 is 23.5 Å². The summed E-state index contributed by atoms with van der Waals surface area (Å²) < 4.78 is 6.66. The Labute approximate surface area is 139 Å². The molecule has 7 nitrogen and oxygen atoms in total. The zero-order valence-electron chi connectivity index (χ0n) is 13.0. The van der Waals surface area contributed by atoms with Crippen LogP contribution in [0.2, 0.25) is 0 Å². The number of hydrogen-bond donors (Lipinski definition) is 0. The molecule has 23 heavy (non-hydrogen) atoms. The van der Waals surface area contributed by atoms with Gasteiger partial charge in [0.05, 0.1) is 31.3 Å². The number of ether oxygens (including phenoxy) is 1. The van der Waals surface area contributed by atoms with Crippen molar-refractivity contribution in [1.29, 1.82) is 0 Å². The summed E-state index contributed by atoms with van der Waals surface area (Å²) in [4.78, 5) is 22.3. The molecule has 0 amide bonds. The molecule has 0 N–H and O–H groups in total. The van der Waals surface area contributed by atoms with E-state index < -0.39 is 0 Å². The number of hydrogen-bond acceptors (Lipinski definition) is 7. The Hall–Kier alpha value is -2.09. The number of carbonyl (C=O) groups excluding carboxylic acids is 1. The normalized spacial score (nSPS) is 18.0. The minimum Gasteiger partial charge on any atom is -0.468 e. The van der Waals surface area contributed by atoms with Crippen molar-refractivity contribution in [1.82, 2.24) is 19.7 Å². The van der Waals surface area contributed by atoms with Gasteiger partial charge in [-0.05, 0) is 18.9 Å². The molecule has 1 saturated heterocycles. The lowest BCUT2D eigenvalue weighted by Crippen LogP contribution is -2.37. The van der Waals surface area contributed by atoms with E-state index in [1.54, 1.807) is 12.4 Å². The number of esters is 1. The molecule has 8 heteroatoms. The van der Waals surface area contributed by atoms with Crippen molar-refractivity contribution in [3.63, 3.8) is 0 Å². The van der Waals surface area contributed by atoms with Gasteiger partial charge in [0.15, 0.2) is 0 Å². The molecule has 1 unspecified atom stereocenters. The Kier molecular flexibility index (Phi) is 5.12. The van der Waals surface area contributed by atoms with Crippen molar-refractivity contribution in [3.05, 3.63) is 30.9 Å². The molecule has 1 aliphatic rings. The Morgan fingerprint density at radius 2 is 2.39 bits per heavy atom. The summed E-state index contributed by atoms with van der Waals surface area (Å²) in [7, 11) is 1.38. The van der Waals surface area contributed by atoms with Crippen LogP contribution in [-0.2, 0) is 9.53 Å². The molecular weight excluding hydrogens is 314 g/mol. The summed E-state index contributed by atoms with van der Waals surface area (Å²) in [5.41, 5.74) is 0. The second-order valence-corrected chi connectivity index (χ2v) is 6.30. The quantitative estimate of drug-likeness (QED) is 0.610. The highest BCUT2D eigenvalue weighted by Gasteiger charge is 2.22. The van der Waals surface area contributed by atoms with Crippen molar-refractivity contribution in [2.45, 2.75) is 23.9 Å². The molecule has 1 aliphatic heterocycles. The van der Waals surface area contributed by atoms with Gasteiger partial charge in [0.1, 0.15) is 10.8 Å². The molecule has 1 atom stereocenters. The summed E-state index contributed by atoms with van der Waals surface area (Å²) in [5.74, 6) is 0.820. The largest absolute Gasteiger partial charge is 0.468 e. The van der Waals surface area contributed by atoms with Crippen LogP contribution >= 0.6 is 11.8 Å². The summed E-state index contributed by atoms with van der Waals surface area (Å²) >= 11 is 1.34. The maximum atomic E-state index is 11.2. The maximum Gasteiger partial charge on any atom is 0.316 e. The lowest BCUT2D eigenvalue weighted by Gasteiger charge is -2.33. The highest BCUT2D eigenvalue weighted by molar-refractivity contribution is 7.99. The van der Waals surface area contributed by atoms with Crippen LogP contribution < -0.4 is 4.90 Å². The standard InChI is InChI=1S/C15H19N5O2S/c1-22-15(21)11-23-14-9-16-8-13(18-14)19-6-2-4-12(10-19)20-7-3-5-17-20/h3,5,7-9,12H,2,4,6,10-11H2,1H3. The summed E-state index contributed by atoms with van der Waals surface area (Å²) in [5, 5.41) is 5.07. The van der Waals surface area contributed by atoms with Gasteiger partial charge in [0, 0.05) is 25.5 Å². The van der Waals surface area contributed by atoms with Crippen molar-refractivity contribution in [2.24, 2.45) is 0 Å². The lowest BCUT2D eigenvalue weighted by molar-refractivity contribution is -0.137. The zero-order valence-corrected chi connectivity index (χ0v) is 13.8. The van der Waals surface area contributed by atoms with E-state index in [1.807, 2.05) is 23.1 Å². The number of piperidine rings is 1. The van der Waals surface area contributed by atoms with Gasteiger partial charge in [-0.3, -0.25) is 14.5 Å². The number of nitrogens with zero attached hydrogens (tertiary/aromatic N) is 5. The molecule has 0 spiro atoms. The van der Waals surface area contributed by atoms with E-state index in [4.69, 9.17) is 0 Å². The third-order valence-corrected chi connectivity index (χ3v) is 4.66. The molecule has 2 aromatic heterocycles. The Balaban J connectivity index is 1.67. The Bertz CT molecular complexity index is 649. The van der Waals surface area contributed by atoms with Crippen LogP contribution in [0.5, 0.6) is 0 Å². The van der Waals surface area contributed by atoms with E-state index in [0.717, 1.165) is 36.8 Å². The lowest BCUT2D eigenvalue weighted by atomic mass is 10.1. The SMILES string of the molecule is COC(=O)CSc1cncc(N2CCCC(n3cccn3)C2)n1. The predicted octanol–water partition coefficient (Wildman–Crippen LogP) is 1.78. The average molecular weight is 333 g/mol. The molecule has 0 bridgehead atoms. The minimum atomic E-state index is -0.265. The van der Waals surface area contributed by atoms with E-state index in [2.05, 4.69) is 24.7 Å². The zero-order chi connectivity index (χ0) is 16.1. The first-order valence-corrected chi connectivity index (χ1v) is 8.50. The molecule has 0 radical (unpaired) electrons. The van der Waals surface area contributed by atoms with Crippen molar-refractivity contribution in [2.75, 3.05) is 30.9 Å². The number of carbonyl (C=O) groups is 1. The molecule has 3 heterocycles. The Morgan fingerprint density at radius 1 is 1.48 bits per heavy atom. The highest BCUT2D eigenvalue weighted by Crippen LogP contribution is 2.25. The van der Waals surface area contributed by atoms with E-state index in [-0.39, 0.29) is 11.7 Å². The van der Waals surface area contributed by atoms with Crippen LogP contribution in [0.4, 0.5) is 5.82 Å². The van der Waals surface area contributed by atoms with E-state index in [1.165, 1.54) is 18.9 Å². The van der Waals surface area contributed by atoms with Crippen LogP contribution in [-0.4, -0.2) is 51.7 Å². The fourth-order valence-corrected chi connectivity index (χ4v) is 3.30. The molecule has 2 aromatic rings. The number of thioether (sulfide) groups is 1. The van der Waals surface area contributed by atoms with E-state index in [0.29, 0.717) is 6.04 Å². The van der Waals surface area contributed by atoms with Crippen molar-refractivity contribution < 1.29 is 9.53 Å². The average Bonchev–Trinajstić information content (AvgIpc) is 3.15. The smallest absolute Gasteiger partial charge is 0.316 e. The summed E-state index contributed by atoms with van der Waals surface area (Å²) in [6, 6.07) is 2.30. The van der Waals surface area contributed by atoms with Gasteiger partial charge < -0.3 is 9.64 Å². The minimum absolute atomic E-state index is 0.241. The second-order valence-electron chi connectivity index (χ2n) is 5.31. The van der Waals surface area contributed by atoms with Gasteiger partial charge in [-0.25, -0.2) is 4.98 Å². The number of methoxy groups -OCH3 is 1. The van der Waals surface area contributed by atoms with Gasteiger partial charge in [-0.15, -0.1) is 0 Å². The third-order valence-electron chi connectivity index (χ3n) is 3.78. The molecule has 3 rings (SSSR count). The monoisotopic (exact) mass is 333 g/mol. The van der Waals surface area contributed by atoms with Crippen LogP contribution in [0.3, 0.4) is 0 Å². The second kappa shape index (κ2) is 7.45. The van der Waals surface area contributed by atoms with Crippen LogP contribution in [0, 0.1) is 0 Å². The molecule has 122 valence electrons. The number of anilines is 1. The van der Waals surface area contributed by atoms with Crippen LogP contribution in [0.15, 0.2) is 35.9 Å². The first kappa shape index (κ1) is 15.8. The maximum absolute atomic E-state index is 11.2. The Morgan fingerprint density at radius 3 is 3.17 bits per heavy atom. The molecular formula is C15H19N5O2S. The van der Waals surface area contributed by atoms with Crippen LogP contribution in [0.1, 0.15) is 18.9 Å². The van der Waals surface area contributed by atoms with Gasteiger partial charge in [-0.1, -0.05) is 11.8 Å². The van der Waals surface area contributed by atoms with Gasteiger partial charge >= 0.3 is 5.97 Å². The van der Waals surface area contributed by atoms with Gasteiger partial charge in [0.2, 0.25) is 0 Å². The fourth-order valence-electron chi connectivity index (χ4n) is 2.63. The van der Waals surface area contributed by atoms with Gasteiger partial charge in [0.25, 0.3) is 0 Å². The molecule has 0 aromatic carbocycles. The number of rotatable bonds is 5. The highest BCUT2D eigenvalue weighted by atomic mass is 32.2. The van der Waals surface area contributed by atoms with E-state index >= 15 is 0 Å². The first-order valence-electron chi connectivity index (χ1n) is 7.52. The molecule has 1 fully saturated rings. The van der Waals surface area contributed by atoms with E-state index in [9.17, 15) is 4.79 Å². The molecule has 0 saturated carbocycles. The third kappa shape index (κ3) is 4.01. The van der Waals surface area contributed by atoms with Gasteiger partial charge in [-0.2, -0.15) is 5.10 Å². The number of aromatic nitrogens is 4.